The SMILES string of the molecule is CC1=CCC[C@]2(C)[C@@H](O[Si](C)(C)C(C)(C)C)CC[C@@](C)(O)[C@@H]12. The lowest BCUT2D eigenvalue weighted by Gasteiger charge is -2.58. The summed E-state index contributed by atoms with van der Waals surface area (Å²) in [6, 6.07) is 0. The molecule has 1 saturated carbocycles. The predicted octanol–water partition coefficient (Wildman–Crippen LogP) is 5.28. The maximum Gasteiger partial charge on any atom is 0.192 e. The second kappa shape index (κ2) is 5.46. The molecule has 0 amide bonds. The zero-order chi connectivity index (χ0) is 17.0. The number of hydrogen-bond donors (Lipinski definition) is 1. The van der Waals surface area contributed by atoms with Gasteiger partial charge in [0.25, 0.3) is 0 Å². The molecule has 2 aliphatic rings. The van der Waals surface area contributed by atoms with E-state index in [1.54, 1.807) is 0 Å². The summed E-state index contributed by atoms with van der Waals surface area (Å²) < 4.78 is 6.86. The predicted molar refractivity (Wildman–Crippen MR) is 96.5 cm³/mol. The van der Waals surface area contributed by atoms with Gasteiger partial charge in [-0.25, -0.2) is 0 Å². The summed E-state index contributed by atoms with van der Waals surface area (Å²) in [7, 11) is -1.79. The topological polar surface area (TPSA) is 29.5 Å². The van der Waals surface area contributed by atoms with Gasteiger partial charge in [0.2, 0.25) is 0 Å². The zero-order valence-electron chi connectivity index (χ0n) is 15.9. The van der Waals surface area contributed by atoms with Crippen LogP contribution in [0.15, 0.2) is 11.6 Å². The first-order valence-corrected chi connectivity index (χ1v) is 11.8. The lowest BCUT2D eigenvalue weighted by atomic mass is 9.54. The van der Waals surface area contributed by atoms with Crippen molar-refractivity contribution in [3.63, 3.8) is 0 Å². The molecular formula is C19H36O2Si. The number of hydrogen-bond acceptors (Lipinski definition) is 2. The Morgan fingerprint density at radius 2 is 1.82 bits per heavy atom. The Balaban J connectivity index is 2.34. The van der Waals surface area contributed by atoms with Crippen LogP contribution < -0.4 is 0 Å². The Kier molecular flexibility index (Phi) is 4.52. The van der Waals surface area contributed by atoms with Crippen LogP contribution in [0, 0.1) is 11.3 Å². The van der Waals surface area contributed by atoms with Crippen molar-refractivity contribution in [1.82, 2.24) is 0 Å². The van der Waals surface area contributed by atoms with Gasteiger partial charge in [0.1, 0.15) is 0 Å². The lowest BCUT2D eigenvalue weighted by Crippen LogP contribution is -2.59. The molecule has 0 radical (unpaired) electrons. The largest absolute Gasteiger partial charge is 0.413 e. The summed E-state index contributed by atoms with van der Waals surface area (Å²) in [5.41, 5.74) is 0.835. The smallest absolute Gasteiger partial charge is 0.192 e. The van der Waals surface area contributed by atoms with E-state index in [9.17, 15) is 5.11 Å². The van der Waals surface area contributed by atoms with Crippen molar-refractivity contribution < 1.29 is 9.53 Å². The van der Waals surface area contributed by atoms with Crippen molar-refractivity contribution >= 4 is 8.32 Å². The minimum Gasteiger partial charge on any atom is -0.413 e. The molecule has 0 aromatic carbocycles. The van der Waals surface area contributed by atoms with E-state index in [4.69, 9.17) is 4.43 Å². The molecule has 0 saturated heterocycles. The fourth-order valence-corrected chi connectivity index (χ4v) is 6.02. The van der Waals surface area contributed by atoms with Crippen LogP contribution in [0.1, 0.15) is 67.2 Å². The molecule has 0 bridgehead atoms. The molecule has 3 heteroatoms. The molecule has 4 atom stereocenters. The molecule has 2 aliphatic carbocycles. The summed E-state index contributed by atoms with van der Waals surface area (Å²) >= 11 is 0. The van der Waals surface area contributed by atoms with Crippen LogP contribution in [0.25, 0.3) is 0 Å². The summed E-state index contributed by atoms with van der Waals surface area (Å²) in [5, 5.41) is 11.2. The van der Waals surface area contributed by atoms with Crippen molar-refractivity contribution in [2.45, 2.75) is 97.1 Å². The van der Waals surface area contributed by atoms with Crippen molar-refractivity contribution in [2.75, 3.05) is 0 Å². The average Bonchev–Trinajstić information content (AvgIpc) is 2.31. The molecule has 0 unspecified atom stereocenters. The van der Waals surface area contributed by atoms with E-state index in [1.165, 1.54) is 5.57 Å². The number of aliphatic hydroxyl groups is 1. The van der Waals surface area contributed by atoms with E-state index in [1.807, 2.05) is 6.92 Å². The van der Waals surface area contributed by atoms with Gasteiger partial charge in [0.05, 0.1) is 11.7 Å². The van der Waals surface area contributed by atoms with Gasteiger partial charge in [-0.05, 0) is 57.7 Å². The molecule has 0 spiro atoms. The quantitative estimate of drug-likeness (QED) is 0.553. The van der Waals surface area contributed by atoms with Crippen LogP contribution in [0.5, 0.6) is 0 Å². The third kappa shape index (κ3) is 2.96. The summed E-state index contributed by atoms with van der Waals surface area (Å²) in [5.74, 6) is 0.234. The Hall–Kier alpha value is -0.123. The first kappa shape index (κ1) is 18.2. The van der Waals surface area contributed by atoms with Gasteiger partial charge < -0.3 is 9.53 Å². The number of allylic oxidation sites excluding steroid dienone is 1. The van der Waals surface area contributed by atoms with Crippen molar-refractivity contribution in [3.05, 3.63) is 11.6 Å². The van der Waals surface area contributed by atoms with Gasteiger partial charge in [-0.15, -0.1) is 0 Å². The highest BCUT2D eigenvalue weighted by molar-refractivity contribution is 6.74. The fraction of sp³-hybridized carbons (Fsp3) is 0.895. The molecule has 0 aliphatic heterocycles. The standard InChI is InChI=1S/C19H36O2Si/c1-14-10-9-12-18(5)15(11-13-19(6,20)16(14)18)21-22(7,8)17(2,3)4/h10,15-16,20H,9,11-13H2,1-8H3/t15-,16-,18+,19+/m0/s1. The van der Waals surface area contributed by atoms with E-state index in [0.29, 0.717) is 0 Å². The van der Waals surface area contributed by atoms with Gasteiger partial charge >= 0.3 is 0 Å². The maximum atomic E-state index is 11.0. The first-order valence-electron chi connectivity index (χ1n) is 8.88. The average molecular weight is 325 g/mol. The highest BCUT2D eigenvalue weighted by atomic mass is 28.4. The molecule has 0 heterocycles. The Bertz CT molecular complexity index is 459. The lowest BCUT2D eigenvalue weighted by molar-refractivity contribution is -0.137. The minimum atomic E-state index is -1.79. The summed E-state index contributed by atoms with van der Waals surface area (Å²) in [4.78, 5) is 0. The number of fused-ring (bicyclic) bond motifs is 1. The second-order valence-electron chi connectivity index (χ2n) is 9.69. The maximum absolute atomic E-state index is 11.0. The normalized spacial score (nSPS) is 40.1. The summed E-state index contributed by atoms with van der Waals surface area (Å²) in [6.45, 7) is 18.2. The Labute approximate surface area is 138 Å². The Morgan fingerprint density at radius 1 is 1.23 bits per heavy atom. The first-order chi connectivity index (χ1) is 9.81. The van der Waals surface area contributed by atoms with E-state index < -0.39 is 13.9 Å². The van der Waals surface area contributed by atoms with Crippen LogP contribution in [-0.4, -0.2) is 25.1 Å². The molecule has 1 fully saturated rings. The van der Waals surface area contributed by atoms with E-state index in [0.717, 1.165) is 25.7 Å². The van der Waals surface area contributed by atoms with Gasteiger partial charge in [-0.2, -0.15) is 0 Å². The van der Waals surface area contributed by atoms with Crippen molar-refractivity contribution in [2.24, 2.45) is 11.3 Å². The van der Waals surface area contributed by atoms with Crippen LogP contribution in [0.3, 0.4) is 0 Å². The molecule has 1 N–H and O–H groups in total. The monoisotopic (exact) mass is 324 g/mol. The van der Waals surface area contributed by atoms with Gasteiger partial charge in [-0.1, -0.05) is 39.3 Å². The summed E-state index contributed by atoms with van der Waals surface area (Å²) in [6.07, 6.45) is 6.69. The van der Waals surface area contributed by atoms with Crippen molar-refractivity contribution in [3.8, 4) is 0 Å². The minimum absolute atomic E-state index is 0.0656. The number of rotatable bonds is 2. The van der Waals surface area contributed by atoms with Crippen LogP contribution in [-0.2, 0) is 4.43 Å². The molecule has 0 aromatic rings. The van der Waals surface area contributed by atoms with E-state index in [-0.39, 0.29) is 22.5 Å². The zero-order valence-corrected chi connectivity index (χ0v) is 16.9. The van der Waals surface area contributed by atoms with Gasteiger partial charge in [-0.3, -0.25) is 0 Å². The Morgan fingerprint density at radius 3 is 2.36 bits per heavy atom. The van der Waals surface area contributed by atoms with Crippen LogP contribution in [0.4, 0.5) is 0 Å². The fourth-order valence-electron chi connectivity index (χ4n) is 4.56. The second-order valence-corrected chi connectivity index (χ2v) is 14.4. The molecule has 0 aromatic heterocycles. The van der Waals surface area contributed by atoms with Gasteiger partial charge in [0, 0.05) is 11.3 Å². The van der Waals surface area contributed by atoms with E-state index in [2.05, 4.69) is 53.8 Å². The highest BCUT2D eigenvalue weighted by Gasteiger charge is 2.56. The third-order valence-corrected chi connectivity index (χ3v) is 11.3. The molecule has 22 heavy (non-hydrogen) atoms. The molecular weight excluding hydrogens is 288 g/mol. The van der Waals surface area contributed by atoms with Crippen LogP contribution >= 0.6 is 0 Å². The highest BCUT2D eigenvalue weighted by Crippen LogP contribution is 2.56. The van der Waals surface area contributed by atoms with Crippen LogP contribution in [0.2, 0.25) is 18.1 Å². The molecule has 2 nitrogen and oxygen atoms in total. The van der Waals surface area contributed by atoms with Crippen molar-refractivity contribution in [1.29, 1.82) is 0 Å². The third-order valence-electron chi connectivity index (χ3n) is 6.78. The molecule has 128 valence electrons. The molecule has 2 rings (SSSR count). The van der Waals surface area contributed by atoms with E-state index >= 15 is 0 Å². The van der Waals surface area contributed by atoms with Gasteiger partial charge in [0.15, 0.2) is 8.32 Å².